The molecule has 0 fully saturated rings. The van der Waals surface area contributed by atoms with Gasteiger partial charge in [0.15, 0.2) is 0 Å². The largest absolute Gasteiger partial charge is 0.356 e. The fourth-order valence-corrected chi connectivity index (χ4v) is 6.87. The van der Waals surface area contributed by atoms with E-state index in [0.717, 1.165) is 24.2 Å². The van der Waals surface area contributed by atoms with Crippen LogP contribution >= 0.6 is 0 Å². The van der Waals surface area contributed by atoms with Crippen molar-refractivity contribution in [2.24, 2.45) is 0 Å². The quantitative estimate of drug-likeness (QED) is 0.211. The molecule has 1 heteroatoms. The minimum absolute atomic E-state index is 0.0554. The Balaban J connectivity index is 1.18. The lowest BCUT2D eigenvalue weighted by Gasteiger charge is -2.23. The maximum absolute atomic E-state index is 3.61. The topological polar surface area (TPSA) is 12.0 Å². The molecule has 42 heavy (non-hydrogen) atoms. The van der Waals surface area contributed by atoms with Crippen molar-refractivity contribution < 1.29 is 0 Å². The van der Waals surface area contributed by atoms with Gasteiger partial charge in [0.25, 0.3) is 0 Å². The molecule has 1 aliphatic carbocycles. The Morgan fingerprint density at radius 1 is 0.619 bits per heavy atom. The normalized spacial score (nSPS) is 13.9. The van der Waals surface area contributed by atoms with Gasteiger partial charge >= 0.3 is 0 Å². The molecule has 1 unspecified atom stereocenters. The van der Waals surface area contributed by atoms with Crippen molar-refractivity contribution in [1.82, 2.24) is 0 Å². The summed E-state index contributed by atoms with van der Waals surface area (Å²) in [6.45, 7) is 6.87. The molecule has 6 aromatic rings. The van der Waals surface area contributed by atoms with Crippen molar-refractivity contribution in [1.29, 1.82) is 0 Å². The molecule has 0 saturated heterocycles. The highest BCUT2D eigenvalue weighted by molar-refractivity contribution is 5.87. The van der Waals surface area contributed by atoms with E-state index in [1.54, 1.807) is 0 Å². The van der Waals surface area contributed by atoms with Crippen molar-refractivity contribution in [2.75, 3.05) is 5.32 Å². The maximum atomic E-state index is 3.61. The summed E-state index contributed by atoms with van der Waals surface area (Å²) < 4.78 is 0. The Labute approximate surface area is 249 Å². The molecular weight excluding hydrogens is 506 g/mol. The van der Waals surface area contributed by atoms with Crippen molar-refractivity contribution in [2.45, 2.75) is 44.9 Å². The van der Waals surface area contributed by atoms with E-state index in [9.17, 15) is 0 Å². The van der Waals surface area contributed by atoms with Crippen LogP contribution in [0.5, 0.6) is 0 Å². The molecule has 0 saturated carbocycles. The van der Waals surface area contributed by atoms with Crippen LogP contribution in [0, 0.1) is 6.92 Å². The summed E-state index contributed by atoms with van der Waals surface area (Å²) in [4.78, 5) is 0. The van der Waals surface area contributed by atoms with E-state index in [0.29, 0.717) is 5.92 Å². The number of nitrogens with one attached hydrogen (secondary N) is 1. The van der Waals surface area contributed by atoms with Gasteiger partial charge in [-0.1, -0.05) is 129 Å². The highest BCUT2D eigenvalue weighted by Gasteiger charge is 2.35. The van der Waals surface area contributed by atoms with Crippen molar-refractivity contribution in [3.63, 3.8) is 0 Å². The first-order chi connectivity index (χ1) is 20.5. The van der Waals surface area contributed by atoms with Gasteiger partial charge in [-0.05, 0) is 93.7 Å². The third-order valence-electron chi connectivity index (χ3n) is 9.20. The van der Waals surface area contributed by atoms with Gasteiger partial charge in [-0.2, -0.15) is 0 Å². The van der Waals surface area contributed by atoms with Gasteiger partial charge in [-0.3, -0.25) is 0 Å². The molecule has 1 N–H and O–H groups in total. The number of aryl methyl sites for hydroxylation is 2. The summed E-state index contributed by atoms with van der Waals surface area (Å²) in [5.74, 6) is 0.339. The van der Waals surface area contributed by atoms with Crippen LogP contribution in [-0.2, 0) is 11.8 Å². The summed E-state index contributed by atoms with van der Waals surface area (Å²) >= 11 is 0. The number of rotatable bonds is 7. The molecule has 7 rings (SSSR count). The van der Waals surface area contributed by atoms with E-state index < -0.39 is 0 Å². The lowest BCUT2D eigenvalue weighted by molar-refractivity contribution is 0.657. The Bertz CT molecular complexity index is 1870. The van der Waals surface area contributed by atoms with E-state index in [2.05, 4.69) is 160 Å². The molecule has 1 nitrogen and oxygen atoms in total. The summed E-state index contributed by atoms with van der Waals surface area (Å²) in [5, 5.41) is 6.28. The molecule has 0 radical (unpaired) electrons. The van der Waals surface area contributed by atoms with Gasteiger partial charge in [-0.15, -0.1) is 0 Å². The summed E-state index contributed by atoms with van der Waals surface area (Å²) in [6, 6.07) is 49.3. The zero-order valence-electron chi connectivity index (χ0n) is 24.7. The van der Waals surface area contributed by atoms with Crippen LogP contribution < -0.4 is 5.32 Å². The minimum Gasteiger partial charge on any atom is -0.356 e. The Hall–Kier alpha value is -4.62. The molecule has 0 spiro atoms. The minimum atomic E-state index is -0.0554. The zero-order chi connectivity index (χ0) is 28.7. The second-order valence-corrected chi connectivity index (χ2v) is 12.3. The molecule has 1 aliphatic rings. The summed E-state index contributed by atoms with van der Waals surface area (Å²) in [5.41, 5.74) is 13.2. The van der Waals surface area contributed by atoms with Crippen molar-refractivity contribution >= 4 is 22.1 Å². The standard InChI is InChI=1S/C41H37N/c1-28-16-20-32(21-17-28)42-33-22-25-38-37-24-19-29(26-39(37)41(2,3)40(38)27-33)18-23-35(30-10-5-4-6-11-30)36-15-9-13-31-12-7-8-14-34(31)36/h4-17,19-22,24-27,35,42H,18,23H2,1-3H3. The highest BCUT2D eigenvalue weighted by atomic mass is 14.9. The van der Waals surface area contributed by atoms with Crippen LogP contribution in [0.15, 0.2) is 133 Å². The van der Waals surface area contributed by atoms with Crippen LogP contribution in [0.4, 0.5) is 11.4 Å². The first-order valence-electron chi connectivity index (χ1n) is 15.1. The van der Waals surface area contributed by atoms with Crippen LogP contribution in [0.3, 0.4) is 0 Å². The maximum Gasteiger partial charge on any atom is 0.0387 e. The van der Waals surface area contributed by atoms with Crippen LogP contribution in [0.25, 0.3) is 21.9 Å². The van der Waals surface area contributed by atoms with Crippen LogP contribution in [0.1, 0.15) is 59.6 Å². The number of benzene rings is 6. The van der Waals surface area contributed by atoms with Crippen LogP contribution in [-0.4, -0.2) is 0 Å². The SMILES string of the molecule is Cc1ccc(Nc2ccc3c(c2)C(C)(C)c2cc(CCC(c4ccccc4)c4cccc5ccccc45)ccc2-3)cc1. The molecule has 206 valence electrons. The van der Waals surface area contributed by atoms with Gasteiger partial charge in [0, 0.05) is 22.7 Å². The molecule has 0 amide bonds. The first-order valence-corrected chi connectivity index (χ1v) is 15.1. The Morgan fingerprint density at radius 3 is 2.10 bits per heavy atom. The van der Waals surface area contributed by atoms with Crippen molar-refractivity contribution in [3.8, 4) is 11.1 Å². The predicted octanol–water partition coefficient (Wildman–Crippen LogP) is 11.0. The third-order valence-corrected chi connectivity index (χ3v) is 9.20. The first kappa shape index (κ1) is 26.3. The second kappa shape index (κ2) is 10.7. The number of hydrogen-bond acceptors (Lipinski definition) is 1. The molecular formula is C41H37N. The average Bonchev–Trinajstić information content (AvgIpc) is 3.24. The highest BCUT2D eigenvalue weighted by Crippen LogP contribution is 2.50. The molecule has 6 aromatic carbocycles. The zero-order valence-corrected chi connectivity index (χ0v) is 24.7. The smallest absolute Gasteiger partial charge is 0.0387 e. The summed E-state index contributed by atoms with van der Waals surface area (Å²) in [6.07, 6.45) is 2.09. The fourth-order valence-electron chi connectivity index (χ4n) is 6.87. The molecule has 0 heterocycles. The van der Waals surface area contributed by atoms with Crippen molar-refractivity contribution in [3.05, 3.63) is 167 Å². The van der Waals surface area contributed by atoms with E-state index in [1.807, 2.05) is 0 Å². The van der Waals surface area contributed by atoms with Gasteiger partial charge in [0.1, 0.15) is 0 Å². The van der Waals surface area contributed by atoms with Gasteiger partial charge < -0.3 is 5.32 Å². The van der Waals surface area contributed by atoms with Crippen LogP contribution in [0.2, 0.25) is 0 Å². The number of anilines is 2. The monoisotopic (exact) mass is 543 g/mol. The van der Waals surface area contributed by atoms with Gasteiger partial charge in [0.2, 0.25) is 0 Å². The lowest BCUT2D eigenvalue weighted by Crippen LogP contribution is -2.15. The molecule has 0 aromatic heterocycles. The average molecular weight is 544 g/mol. The molecule has 1 atom stereocenters. The van der Waals surface area contributed by atoms with Gasteiger partial charge in [-0.25, -0.2) is 0 Å². The third kappa shape index (κ3) is 4.80. The predicted molar refractivity (Wildman–Crippen MR) is 179 cm³/mol. The molecule has 0 bridgehead atoms. The lowest BCUT2D eigenvalue weighted by atomic mass is 9.80. The van der Waals surface area contributed by atoms with Gasteiger partial charge in [0.05, 0.1) is 0 Å². The fraction of sp³-hybridized carbons (Fsp3) is 0.171. The molecule has 0 aliphatic heterocycles. The summed E-state index contributed by atoms with van der Waals surface area (Å²) in [7, 11) is 0. The number of hydrogen-bond donors (Lipinski definition) is 1. The Morgan fingerprint density at radius 2 is 1.29 bits per heavy atom. The Kier molecular flexibility index (Phi) is 6.67. The van der Waals surface area contributed by atoms with E-state index in [4.69, 9.17) is 0 Å². The van der Waals surface area contributed by atoms with E-state index in [-0.39, 0.29) is 5.41 Å². The number of fused-ring (bicyclic) bond motifs is 4. The second-order valence-electron chi connectivity index (χ2n) is 12.3. The van der Waals surface area contributed by atoms with E-state index >= 15 is 0 Å². The van der Waals surface area contributed by atoms with E-state index in [1.165, 1.54) is 55.3 Å².